The van der Waals surface area contributed by atoms with Crippen LogP contribution in [0.3, 0.4) is 0 Å². The molecule has 0 amide bonds. The Hall–Kier alpha value is -1.51. The molecule has 0 aliphatic heterocycles. The zero-order valence-corrected chi connectivity index (χ0v) is 11.8. The maximum absolute atomic E-state index is 11.4. The summed E-state index contributed by atoms with van der Waals surface area (Å²) in [5.41, 5.74) is 3.19. The number of phenols is 1. The molecule has 1 rings (SSSR count). The topological polar surface area (TPSA) is 57.5 Å². The first kappa shape index (κ1) is 14.6. The summed E-state index contributed by atoms with van der Waals surface area (Å²) in [6.45, 7) is 9.44. The summed E-state index contributed by atoms with van der Waals surface area (Å²) in [5, 5.41) is 19.6. The average molecular weight is 250 g/mol. The van der Waals surface area contributed by atoms with Gasteiger partial charge in [0, 0.05) is 5.56 Å². The van der Waals surface area contributed by atoms with Gasteiger partial charge >= 0.3 is 5.97 Å². The predicted octanol–water partition coefficient (Wildman–Crippen LogP) is 3.92. The Kier molecular flexibility index (Phi) is 4.38. The van der Waals surface area contributed by atoms with Gasteiger partial charge in [-0.3, -0.25) is 0 Å². The van der Waals surface area contributed by atoms with Crippen LogP contribution in [0, 0.1) is 20.8 Å². The molecule has 0 saturated heterocycles. The molecule has 3 heteroatoms. The molecular formula is C15H22O3. The second-order valence-corrected chi connectivity index (χ2v) is 4.83. The molecule has 100 valence electrons. The van der Waals surface area contributed by atoms with E-state index in [1.54, 1.807) is 20.8 Å². The standard InChI is InChI=1S/C15H22O3/c1-6-11(7-2)13-10(5)12(15(17)18)8(3)9(4)14(13)16/h11,16H,6-7H2,1-5H3,(H,17,18). The van der Waals surface area contributed by atoms with Crippen LogP contribution in [0.4, 0.5) is 0 Å². The molecule has 18 heavy (non-hydrogen) atoms. The van der Waals surface area contributed by atoms with Crippen molar-refractivity contribution < 1.29 is 15.0 Å². The van der Waals surface area contributed by atoms with Crippen molar-refractivity contribution in [1.82, 2.24) is 0 Å². The summed E-state index contributed by atoms with van der Waals surface area (Å²) in [6, 6.07) is 0. The minimum absolute atomic E-state index is 0.211. The lowest BCUT2D eigenvalue weighted by molar-refractivity contribution is 0.0695. The lowest BCUT2D eigenvalue weighted by atomic mass is 9.83. The van der Waals surface area contributed by atoms with Gasteiger partial charge in [0.15, 0.2) is 0 Å². The number of hydrogen-bond donors (Lipinski definition) is 2. The van der Waals surface area contributed by atoms with Gasteiger partial charge in [-0.05, 0) is 56.2 Å². The van der Waals surface area contributed by atoms with Gasteiger partial charge in [-0.25, -0.2) is 4.79 Å². The minimum atomic E-state index is -0.916. The van der Waals surface area contributed by atoms with Crippen molar-refractivity contribution in [2.75, 3.05) is 0 Å². The third-order valence-corrected chi connectivity index (χ3v) is 3.93. The van der Waals surface area contributed by atoms with Crippen molar-refractivity contribution in [3.05, 3.63) is 27.8 Å². The van der Waals surface area contributed by atoms with E-state index in [9.17, 15) is 15.0 Å². The molecule has 0 spiro atoms. The van der Waals surface area contributed by atoms with Gasteiger partial charge in [-0.15, -0.1) is 0 Å². The maximum Gasteiger partial charge on any atom is 0.336 e. The van der Waals surface area contributed by atoms with E-state index in [1.165, 1.54) is 0 Å². The van der Waals surface area contributed by atoms with Crippen LogP contribution < -0.4 is 0 Å². The van der Waals surface area contributed by atoms with Crippen molar-refractivity contribution in [3.8, 4) is 5.75 Å². The van der Waals surface area contributed by atoms with Crippen LogP contribution in [0.1, 0.15) is 65.2 Å². The largest absolute Gasteiger partial charge is 0.507 e. The summed E-state index contributed by atoms with van der Waals surface area (Å²) >= 11 is 0. The Bertz CT molecular complexity index is 471. The molecule has 1 aromatic rings. The highest BCUT2D eigenvalue weighted by atomic mass is 16.4. The number of carbonyl (C=O) groups is 1. The van der Waals surface area contributed by atoms with E-state index in [-0.39, 0.29) is 11.7 Å². The van der Waals surface area contributed by atoms with Crippen molar-refractivity contribution in [2.45, 2.75) is 53.4 Å². The summed E-state index contributed by atoms with van der Waals surface area (Å²) in [4.78, 5) is 11.4. The number of hydrogen-bond acceptors (Lipinski definition) is 2. The molecule has 1 aromatic carbocycles. The molecule has 0 radical (unpaired) electrons. The molecule has 0 fully saturated rings. The van der Waals surface area contributed by atoms with Crippen molar-refractivity contribution in [2.24, 2.45) is 0 Å². The Labute approximate surface area is 108 Å². The van der Waals surface area contributed by atoms with Gasteiger partial charge in [0.25, 0.3) is 0 Å². The van der Waals surface area contributed by atoms with Crippen molar-refractivity contribution in [3.63, 3.8) is 0 Å². The van der Waals surface area contributed by atoms with Crippen molar-refractivity contribution in [1.29, 1.82) is 0 Å². The molecule has 3 nitrogen and oxygen atoms in total. The first-order valence-electron chi connectivity index (χ1n) is 6.42. The number of phenolic OH excluding ortho intramolecular Hbond substituents is 1. The quantitative estimate of drug-likeness (QED) is 0.851. The van der Waals surface area contributed by atoms with Gasteiger partial charge in [0.2, 0.25) is 0 Å². The van der Waals surface area contributed by atoms with Crippen molar-refractivity contribution >= 4 is 5.97 Å². The van der Waals surface area contributed by atoms with Crippen LogP contribution in [-0.4, -0.2) is 16.2 Å². The maximum atomic E-state index is 11.4. The molecule has 0 saturated carbocycles. The zero-order chi connectivity index (χ0) is 14.0. The molecule has 0 heterocycles. The lowest BCUT2D eigenvalue weighted by Gasteiger charge is -2.22. The Morgan fingerprint density at radius 3 is 1.94 bits per heavy atom. The highest BCUT2D eigenvalue weighted by molar-refractivity contribution is 5.92. The van der Waals surface area contributed by atoms with E-state index in [4.69, 9.17) is 0 Å². The summed E-state index contributed by atoms with van der Waals surface area (Å²) in [5.74, 6) is -0.439. The first-order valence-corrected chi connectivity index (χ1v) is 6.42. The monoisotopic (exact) mass is 250 g/mol. The minimum Gasteiger partial charge on any atom is -0.507 e. The molecule has 0 unspecified atom stereocenters. The molecule has 0 aromatic heterocycles. The van der Waals surface area contributed by atoms with Gasteiger partial charge < -0.3 is 10.2 Å². The lowest BCUT2D eigenvalue weighted by Crippen LogP contribution is -2.10. The Morgan fingerprint density at radius 2 is 1.56 bits per heavy atom. The van der Waals surface area contributed by atoms with Gasteiger partial charge in [0.05, 0.1) is 5.56 Å². The molecule has 0 aliphatic rings. The number of benzene rings is 1. The fraction of sp³-hybridized carbons (Fsp3) is 0.533. The number of carboxylic acids is 1. The highest BCUT2D eigenvalue weighted by Crippen LogP contribution is 2.39. The summed E-state index contributed by atoms with van der Waals surface area (Å²) < 4.78 is 0. The van der Waals surface area contributed by atoms with E-state index < -0.39 is 5.97 Å². The fourth-order valence-corrected chi connectivity index (χ4v) is 2.68. The van der Waals surface area contributed by atoms with Crippen LogP contribution in [-0.2, 0) is 0 Å². The highest BCUT2D eigenvalue weighted by Gasteiger charge is 2.24. The van der Waals surface area contributed by atoms with Crippen LogP contribution in [0.15, 0.2) is 0 Å². The first-order chi connectivity index (χ1) is 8.36. The van der Waals surface area contributed by atoms with Crippen LogP contribution in [0.2, 0.25) is 0 Å². The van der Waals surface area contributed by atoms with E-state index >= 15 is 0 Å². The molecule has 0 aliphatic carbocycles. The number of carboxylic acid groups (broad SMARTS) is 1. The van der Waals surface area contributed by atoms with E-state index in [0.717, 1.165) is 18.4 Å². The van der Waals surface area contributed by atoms with Crippen LogP contribution in [0.5, 0.6) is 5.75 Å². The third kappa shape index (κ3) is 2.22. The second-order valence-electron chi connectivity index (χ2n) is 4.83. The Balaban J connectivity index is 3.66. The zero-order valence-electron chi connectivity index (χ0n) is 11.8. The second kappa shape index (κ2) is 5.42. The Morgan fingerprint density at radius 1 is 1.06 bits per heavy atom. The average Bonchev–Trinajstić information content (AvgIpc) is 2.31. The number of aromatic hydroxyl groups is 1. The van der Waals surface area contributed by atoms with Crippen LogP contribution >= 0.6 is 0 Å². The third-order valence-electron chi connectivity index (χ3n) is 3.93. The molecule has 0 bridgehead atoms. The predicted molar refractivity (Wildman–Crippen MR) is 72.6 cm³/mol. The summed E-state index contributed by atoms with van der Waals surface area (Å²) in [6.07, 6.45) is 1.79. The summed E-state index contributed by atoms with van der Waals surface area (Å²) in [7, 11) is 0. The van der Waals surface area contributed by atoms with Gasteiger partial charge in [0.1, 0.15) is 5.75 Å². The normalized spacial score (nSPS) is 11.0. The van der Waals surface area contributed by atoms with E-state index in [2.05, 4.69) is 13.8 Å². The van der Waals surface area contributed by atoms with E-state index in [1.807, 2.05) is 0 Å². The van der Waals surface area contributed by atoms with Crippen LogP contribution in [0.25, 0.3) is 0 Å². The van der Waals surface area contributed by atoms with Gasteiger partial charge in [-0.1, -0.05) is 13.8 Å². The van der Waals surface area contributed by atoms with Gasteiger partial charge in [-0.2, -0.15) is 0 Å². The van der Waals surface area contributed by atoms with E-state index in [0.29, 0.717) is 22.3 Å². The molecular weight excluding hydrogens is 228 g/mol. The fourth-order valence-electron chi connectivity index (χ4n) is 2.68. The molecule has 2 N–H and O–H groups in total. The number of aromatic carboxylic acids is 1. The SMILES string of the molecule is CCC(CC)c1c(C)c(C(=O)O)c(C)c(C)c1O. The number of rotatable bonds is 4. The smallest absolute Gasteiger partial charge is 0.336 e. The molecule has 0 atom stereocenters.